The summed E-state index contributed by atoms with van der Waals surface area (Å²) in [7, 11) is 1.64. The summed E-state index contributed by atoms with van der Waals surface area (Å²) in [6.07, 6.45) is 2.07. The fourth-order valence-electron chi connectivity index (χ4n) is 1.20. The topological polar surface area (TPSA) is 51.9 Å². The van der Waals surface area contributed by atoms with Crippen LogP contribution in [0.25, 0.3) is 0 Å². The van der Waals surface area contributed by atoms with Crippen LogP contribution in [0.5, 0.6) is 0 Å². The molecule has 0 amide bonds. The van der Waals surface area contributed by atoms with Crippen molar-refractivity contribution in [1.82, 2.24) is 0 Å². The van der Waals surface area contributed by atoms with E-state index >= 15 is 0 Å². The first-order valence-electron chi connectivity index (χ1n) is 4.00. The summed E-state index contributed by atoms with van der Waals surface area (Å²) in [5.74, 6) is 0.982. The summed E-state index contributed by atoms with van der Waals surface area (Å²) in [5.41, 5.74) is 10.5. The van der Waals surface area contributed by atoms with Crippen molar-refractivity contribution >= 4 is 23.1 Å². The maximum absolute atomic E-state index is 5.74. The first-order valence-corrected chi connectivity index (χ1v) is 5.40. The first kappa shape index (κ1) is 10.4. The van der Waals surface area contributed by atoms with E-state index in [0.29, 0.717) is 0 Å². The molecule has 13 heavy (non-hydrogen) atoms. The number of hydrogen-bond acceptors (Lipinski definition) is 3. The third-order valence-corrected chi connectivity index (χ3v) is 2.22. The molecule has 4 heteroatoms. The molecule has 0 aliphatic rings. The summed E-state index contributed by atoms with van der Waals surface area (Å²) < 4.78 is 0. The minimum atomic E-state index is 0.787. The van der Waals surface area contributed by atoms with Gasteiger partial charge in [-0.05, 0) is 17.9 Å². The van der Waals surface area contributed by atoms with Crippen LogP contribution < -0.4 is 11.2 Å². The molecule has 0 aliphatic carbocycles. The minimum absolute atomic E-state index is 0.787. The highest BCUT2D eigenvalue weighted by atomic mass is 32.2. The minimum Gasteiger partial charge on any atom is -0.399 e. The van der Waals surface area contributed by atoms with E-state index < -0.39 is 0 Å². The second-order valence-electron chi connectivity index (χ2n) is 2.79. The van der Waals surface area contributed by atoms with E-state index in [1.807, 2.05) is 12.1 Å². The van der Waals surface area contributed by atoms with E-state index in [-0.39, 0.29) is 0 Å². The molecule has 4 N–H and O–H groups in total. The maximum atomic E-state index is 5.74. The van der Waals surface area contributed by atoms with Gasteiger partial charge in [0.05, 0.1) is 7.11 Å². The molecule has 0 atom stereocenters. The molecule has 0 radical (unpaired) electrons. The lowest BCUT2D eigenvalue weighted by Crippen LogP contribution is -2.75. The number of anilines is 1. The average Bonchev–Trinajstić information content (AvgIpc) is 2.04. The summed E-state index contributed by atoms with van der Waals surface area (Å²) in [6.45, 7) is 0. The predicted molar refractivity (Wildman–Crippen MR) is 56.7 cm³/mol. The van der Waals surface area contributed by atoms with Gasteiger partial charge in [0.25, 0.3) is 0 Å². The molecule has 0 aliphatic heterocycles. The molecule has 0 bridgehead atoms. The Bertz CT molecular complexity index is 254. The van der Waals surface area contributed by atoms with Crippen LogP contribution in [0.15, 0.2) is 18.2 Å². The number of rotatable bonds is 4. The Morgan fingerprint density at radius 3 is 2.85 bits per heavy atom. The third-order valence-electron chi connectivity index (χ3n) is 1.60. The van der Waals surface area contributed by atoms with Gasteiger partial charge in [-0.25, -0.2) is 4.84 Å². The van der Waals surface area contributed by atoms with Crippen LogP contribution in [0.1, 0.15) is 5.56 Å². The predicted octanol–water partition coefficient (Wildman–Crippen LogP) is 0.888. The molecule has 3 nitrogen and oxygen atoms in total. The molecule has 1 rings (SSSR count). The Hall–Kier alpha value is -0.710. The van der Waals surface area contributed by atoms with Crippen LogP contribution >= 0.6 is 11.8 Å². The highest BCUT2D eigenvalue weighted by molar-refractivity contribution is 7.97. The molecule has 0 spiro atoms. The van der Waals surface area contributed by atoms with Gasteiger partial charge in [-0.15, -0.1) is 0 Å². The molecule has 0 heterocycles. The fraction of sp³-hybridized carbons (Fsp3) is 0.333. The lowest BCUT2D eigenvalue weighted by atomic mass is 10.2. The zero-order valence-corrected chi connectivity index (χ0v) is 8.73. The number of hydrogen-bond donors (Lipinski definition) is 2. The van der Waals surface area contributed by atoms with Crippen molar-refractivity contribution in [2.45, 2.75) is 5.75 Å². The first-order chi connectivity index (χ1) is 6.26. The van der Waals surface area contributed by atoms with Gasteiger partial charge in [0, 0.05) is 23.6 Å². The van der Waals surface area contributed by atoms with Gasteiger partial charge in [0.15, 0.2) is 5.69 Å². The van der Waals surface area contributed by atoms with Gasteiger partial charge in [0.2, 0.25) is 0 Å². The summed E-state index contributed by atoms with van der Waals surface area (Å²) in [5, 5.41) is 0. The Morgan fingerprint density at radius 2 is 2.23 bits per heavy atom. The summed E-state index contributed by atoms with van der Waals surface area (Å²) in [6, 6.07) is 5.97. The summed E-state index contributed by atoms with van der Waals surface area (Å²) >= 11 is 1.78. The quantitative estimate of drug-likeness (QED) is 0.559. The smallest absolute Gasteiger partial charge is 0.164 e. The van der Waals surface area contributed by atoms with Crippen molar-refractivity contribution in [2.24, 2.45) is 0 Å². The Kier molecular flexibility index (Phi) is 4.08. The van der Waals surface area contributed by atoms with E-state index in [1.165, 1.54) is 5.56 Å². The van der Waals surface area contributed by atoms with E-state index in [9.17, 15) is 0 Å². The molecule has 1 aromatic carbocycles. The van der Waals surface area contributed by atoms with E-state index in [0.717, 1.165) is 17.1 Å². The van der Waals surface area contributed by atoms with Gasteiger partial charge in [-0.1, -0.05) is 0 Å². The molecular weight excluding hydrogens is 184 g/mol. The molecular formula is C9H15N2OS+. The highest BCUT2D eigenvalue weighted by Crippen LogP contribution is 2.16. The second kappa shape index (κ2) is 5.11. The maximum Gasteiger partial charge on any atom is 0.164 e. The van der Waals surface area contributed by atoms with Crippen LogP contribution in [-0.4, -0.2) is 13.4 Å². The molecule has 0 unspecified atom stereocenters. The molecule has 0 fully saturated rings. The second-order valence-corrected chi connectivity index (χ2v) is 3.66. The van der Waals surface area contributed by atoms with Gasteiger partial charge in [-0.3, -0.25) is 0 Å². The SMILES string of the molecule is CO[NH2+]c1cc(N)cc(CSC)c1. The van der Waals surface area contributed by atoms with Gasteiger partial charge in [-0.2, -0.15) is 17.2 Å². The van der Waals surface area contributed by atoms with Crippen molar-refractivity contribution in [3.05, 3.63) is 23.8 Å². The van der Waals surface area contributed by atoms with E-state index in [4.69, 9.17) is 10.6 Å². The number of nitrogens with two attached hydrogens (primary N) is 2. The van der Waals surface area contributed by atoms with Crippen LogP contribution in [0.4, 0.5) is 11.4 Å². The van der Waals surface area contributed by atoms with Crippen LogP contribution in [0.2, 0.25) is 0 Å². The summed E-state index contributed by atoms with van der Waals surface area (Å²) in [4.78, 5) is 4.93. The standard InChI is InChI=1S/C9H14N2OS/c1-12-11-9-4-7(6-13-2)3-8(10)5-9/h3-5,11H,6,10H2,1-2H3/p+1. The van der Waals surface area contributed by atoms with Gasteiger partial charge in [0.1, 0.15) is 0 Å². The largest absolute Gasteiger partial charge is 0.399 e. The highest BCUT2D eigenvalue weighted by Gasteiger charge is 2.01. The fourth-order valence-corrected chi connectivity index (χ4v) is 1.70. The van der Waals surface area contributed by atoms with Crippen molar-refractivity contribution < 1.29 is 10.3 Å². The molecule has 72 valence electrons. The zero-order chi connectivity index (χ0) is 9.68. The number of nitrogen functional groups attached to an aromatic ring is 1. The average molecular weight is 199 g/mol. The van der Waals surface area contributed by atoms with Crippen molar-refractivity contribution in [3.8, 4) is 0 Å². The lowest BCUT2D eigenvalue weighted by molar-refractivity contribution is -0.830. The van der Waals surface area contributed by atoms with Gasteiger partial charge < -0.3 is 5.73 Å². The molecule has 0 saturated carbocycles. The van der Waals surface area contributed by atoms with Crippen molar-refractivity contribution in [1.29, 1.82) is 0 Å². The zero-order valence-electron chi connectivity index (χ0n) is 7.91. The van der Waals surface area contributed by atoms with E-state index in [1.54, 1.807) is 24.4 Å². The molecule has 0 aromatic heterocycles. The van der Waals surface area contributed by atoms with E-state index in [2.05, 4.69) is 12.3 Å². The normalized spacial score (nSPS) is 10.3. The van der Waals surface area contributed by atoms with Crippen LogP contribution in [0, 0.1) is 0 Å². The van der Waals surface area contributed by atoms with Crippen LogP contribution in [-0.2, 0) is 10.6 Å². The Labute approximate surface area is 82.6 Å². The van der Waals surface area contributed by atoms with Crippen LogP contribution in [0.3, 0.4) is 0 Å². The molecule has 0 saturated heterocycles. The third kappa shape index (κ3) is 3.26. The number of thioether (sulfide) groups is 1. The van der Waals surface area contributed by atoms with Gasteiger partial charge >= 0.3 is 0 Å². The monoisotopic (exact) mass is 199 g/mol. The number of quaternary nitrogens is 1. The van der Waals surface area contributed by atoms with Crippen molar-refractivity contribution in [2.75, 3.05) is 19.1 Å². The Morgan fingerprint density at radius 1 is 1.46 bits per heavy atom. The number of benzene rings is 1. The lowest BCUT2D eigenvalue weighted by Gasteiger charge is -2.02. The van der Waals surface area contributed by atoms with Crippen molar-refractivity contribution in [3.63, 3.8) is 0 Å². The molecule has 1 aromatic rings. The Balaban J connectivity index is 2.83.